The summed E-state index contributed by atoms with van der Waals surface area (Å²) in [4.78, 5) is 38.8. The molecule has 7 nitrogen and oxygen atoms in total. The Morgan fingerprint density at radius 3 is 2.64 bits per heavy atom. The van der Waals surface area contributed by atoms with E-state index in [1.54, 1.807) is 13.8 Å². The summed E-state index contributed by atoms with van der Waals surface area (Å²) in [5.41, 5.74) is 1.46. The number of hydrogen-bond donors (Lipinski definition) is 2. The molecule has 28 heavy (non-hydrogen) atoms. The lowest BCUT2D eigenvalue weighted by atomic mass is 10.0. The quantitative estimate of drug-likeness (QED) is 0.761. The van der Waals surface area contributed by atoms with E-state index >= 15 is 0 Å². The molecule has 0 aliphatic carbocycles. The van der Waals surface area contributed by atoms with Crippen molar-refractivity contribution in [1.82, 2.24) is 9.58 Å². The molecular weight excluding hydrogens is 372 g/mol. The van der Waals surface area contributed by atoms with Gasteiger partial charge in [0, 0.05) is 24.7 Å². The number of aromatic hydroxyl groups is 1. The number of ketones is 1. The molecule has 148 valence electrons. The van der Waals surface area contributed by atoms with Crippen molar-refractivity contribution in [3.63, 3.8) is 0 Å². The number of fused-ring (bicyclic) bond motifs is 1. The third-order valence-corrected chi connectivity index (χ3v) is 4.62. The molecule has 1 aromatic heterocycles. The van der Waals surface area contributed by atoms with Crippen LogP contribution in [-0.4, -0.2) is 39.1 Å². The second-order valence-corrected chi connectivity index (χ2v) is 6.78. The fourth-order valence-electron chi connectivity index (χ4n) is 3.01. The number of amides is 1. The van der Waals surface area contributed by atoms with Crippen molar-refractivity contribution < 1.29 is 23.5 Å². The van der Waals surface area contributed by atoms with Crippen LogP contribution in [0.1, 0.15) is 46.7 Å². The molecule has 0 saturated heterocycles. The number of Topliss-reactive ketones (excluding diaryl/α,β-unsaturated/α-hetero) is 1. The molecule has 0 unspecified atom stereocenters. The second kappa shape index (κ2) is 7.41. The van der Waals surface area contributed by atoms with Crippen LogP contribution in [0.25, 0.3) is 0 Å². The van der Waals surface area contributed by atoms with Crippen molar-refractivity contribution in [3.8, 4) is 5.75 Å². The minimum absolute atomic E-state index is 0.0413. The van der Waals surface area contributed by atoms with Crippen LogP contribution in [0.5, 0.6) is 5.75 Å². The molecule has 0 saturated carbocycles. The lowest BCUT2D eigenvalue weighted by Crippen LogP contribution is -2.49. The Bertz CT molecular complexity index is 1020. The molecule has 2 aromatic rings. The number of halogens is 2. The number of nitrogens with one attached hydrogen (secondary N) is 1. The van der Waals surface area contributed by atoms with Gasteiger partial charge in [0.25, 0.3) is 5.91 Å². The molecule has 0 bridgehead atoms. The summed E-state index contributed by atoms with van der Waals surface area (Å²) in [5, 5.41) is 10.2. The summed E-state index contributed by atoms with van der Waals surface area (Å²) in [5.74, 6) is -3.48. The third kappa shape index (κ3) is 3.47. The van der Waals surface area contributed by atoms with E-state index in [0.29, 0.717) is 0 Å². The normalized spacial score (nSPS) is 13.5. The topological polar surface area (TPSA) is 91.6 Å². The van der Waals surface area contributed by atoms with E-state index in [2.05, 4.69) is 5.43 Å². The predicted octanol–water partition coefficient (Wildman–Crippen LogP) is 2.01. The minimum atomic E-state index is -0.961. The lowest BCUT2D eigenvalue weighted by Gasteiger charge is -2.34. The van der Waals surface area contributed by atoms with Crippen LogP contribution in [-0.2, 0) is 6.42 Å². The number of carbonyl (C=O) groups excluding carboxylic acids is 2. The Labute approximate surface area is 159 Å². The first-order chi connectivity index (χ1) is 13.2. The largest absolute Gasteiger partial charge is 0.502 e. The van der Waals surface area contributed by atoms with E-state index in [9.17, 15) is 28.3 Å². The van der Waals surface area contributed by atoms with Crippen molar-refractivity contribution in [3.05, 3.63) is 63.1 Å². The Hall–Kier alpha value is -3.23. The number of rotatable bonds is 5. The van der Waals surface area contributed by atoms with Gasteiger partial charge in [-0.3, -0.25) is 19.1 Å². The van der Waals surface area contributed by atoms with Crippen LogP contribution in [0.4, 0.5) is 8.78 Å². The highest BCUT2D eigenvalue weighted by molar-refractivity contribution is 6.00. The van der Waals surface area contributed by atoms with Gasteiger partial charge in [0.1, 0.15) is 18.3 Å². The van der Waals surface area contributed by atoms with Crippen molar-refractivity contribution in [2.45, 2.75) is 32.7 Å². The van der Waals surface area contributed by atoms with Gasteiger partial charge in [0.2, 0.25) is 5.43 Å². The van der Waals surface area contributed by atoms with Gasteiger partial charge in [-0.05, 0) is 31.9 Å². The predicted molar refractivity (Wildman–Crippen MR) is 96.9 cm³/mol. The van der Waals surface area contributed by atoms with Crippen LogP contribution in [0.3, 0.4) is 0 Å². The standard InChI is InChI=1S/C19H19F2N3O4/c1-10(2)23-9-22-24-8-13(17(26)18(27)16(24)19(23)28)15(25)6-4-11-3-5-12(20)7-14(11)21/h3,5,7-8,10,22,27H,4,6,9H2,1-2H3. The summed E-state index contributed by atoms with van der Waals surface area (Å²) in [6, 6.07) is 2.87. The van der Waals surface area contributed by atoms with E-state index in [1.165, 1.54) is 11.0 Å². The van der Waals surface area contributed by atoms with Crippen molar-refractivity contribution in [1.29, 1.82) is 0 Å². The van der Waals surface area contributed by atoms with Crippen molar-refractivity contribution >= 4 is 11.7 Å². The van der Waals surface area contributed by atoms with Gasteiger partial charge in [0.05, 0.1) is 5.56 Å². The van der Waals surface area contributed by atoms with Crippen LogP contribution in [0, 0.1) is 11.6 Å². The van der Waals surface area contributed by atoms with Gasteiger partial charge in [-0.1, -0.05) is 6.07 Å². The first-order valence-corrected chi connectivity index (χ1v) is 8.71. The fourth-order valence-corrected chi connectivity index (χ4v) is 3.01. The number of hydrogen-bond acceptors (Lipinski definition) is 5. The maximum absolute atomic E-state index is 13.7. The molecule has 2 heterocycles. The van der Waals surface area contributed by atoms with E-state index < -0.39 is 34.5 Å². The van der Waals surface area contributed by atoms with Gasteiger partial charge in [0.15, 0.2) is 17.2 Å². The Kier molecular flexibility index (Phi) is 5.17. The maximum atomic E-state index is 13.7. The first kappa shape index (κ1) is 19.5. The lowest BCUT2D eigenvalue weighted by molar-refractivity contribution is 0.0669. The SMILES string of the molecule is CC(C)N1CNn2cc(C(=O)CCc3ccc(F)cc3F)c(=O)c(O)c2C1=O. The summed E-state index contributed by atoms with van der Waals surface area (Å²) >= 11 is 0. The second-order valence-electron chi connectivity index (χ2n) is 6.78. The molecule has 1 aliphatic rings. The van der Waals surface area contributed by atoms with Crippen molar-refractivity contribution in [2.24, 2.45) is 0 Å². The molecule has 1 aliphatic heterocycles. The van der Waals surface area contributed by atoms with Crippen LogP contribution in [0.2, 0.25) is 0 Å². The highest BCUT2D eigenvalue weighted by atomic mass is 19.1. The summed E-state index contributed by atoms with van der Waals surface area (Å²) in [6.45, 7) is 3.72. The van der Waals surface area contributed by atoms with Gasteiger partial charge >= 0.3 is 0 Å². The number of pyridine rings is 1. The molecule has 3 rings (SSSR count). The molecule has 0 spiro atoms. The molecule has 9 heteroatoms. The average Bonchev–Trinajstić information content (AvgIpc) is 2.63. The minimum Gasteiger partial charge on any atom is -0.502 e. The third-order valence-electron chi connectivity index (χ3n) is 4.62. The Balaban J connectivity index is 1.87. The molecule has 2 N–H and O–H groups in total. The Morgan fingerprint density at radius 1 is 1.29 bits per heavy atom. The molecule has 0 fully saturated rings. The summed E-state index contributed by atoms with van der Waals surface area (Å²) in [7, 11) is 0. The number of benzene rings is 1. The van der Waals surface area contributed by atoms with Gasteiger partial charge in [-0.25, -0.2) is 8.78 Å². The number of aromatic nitrogens is 1. The van der Waals surface area contributed by atoms with Crippen LogP contribution in [0.15, 0.2) is 29.2 Å². The molecule has 0 atom stereocenters. The maximum Gasteiger partial charge on any atom is 0.278 e. The van der Waals surface area contributed by atoms with Gasteiger partial charge < -0.3 is 15.4 Å². The highest BCUT2D eigenvalue weighted by Gasteiger charge is 2.31. The zero-order valence-corrected chi connectivity index (χ0v) is 15.3. The highest BCUT2D eigenvalue weighted by Crippen LogP contribution is 2.21. The number of carbonyl (C=O) groups is 2. The van der Waals surface area contributed by atoms with E-state index in [-0.39, 0.29) is 42.4 Å². The van der Waals surface area contributed by atoms with Gasteiger partial charge in [-0.15, -0.1) is 0 Å². The zero-order chi connectivity index (χ0) is 20.6. The summed E-state index contributed by atoms with van der Waals surface area (Å²) in [6.07, 6.45) is 0.902. The molecule has 0 radical (unpaired) electrons. The van der Waals surface area contributed by atoms with Gasteiger partial charge in [-0.2, -0.15) is 0 Å². The Morgan fingerprint density at radius 2 is 2.00 bits per heavy atom. The fraction of sp³-hybridized carbons (Fsp3) is 0.316. The van der Waals surface area contributed by atoms with Crippen molar-refractivity contribution in [2.75, 3.05) is 12.1 Å². The van der Waals surface area contributed by atoms with Crippen LogP contribution >= 0.6 is 0 Å². The number of nitrogens with zero attached hydrogens (tertiary/aromatic N) is 2. The molecule has 1 aromatic carbocycles. The first-order valence-electron chi connectivity index (χ1n) is 8.71. The molecule has 1 amide bonds. The van der Waals surface area contributed by atoms with E-state index in [0.717, 1.165) is 23.0 Å². The monoisotopic (exact) mass is 391 g/mol. The van der Waals surface area contributed by atoms with Crippen LogP contribution < -0.4 is 10.9 Å². The smallest absolute Gasteiger partial charge is 0.278 e. The zero-order valence-electron chi connectivity index (χ0n) is 15.3. The molecular formula is C19H19F2N3O4. The summed E-state index contributed by atoms with van der Waals surface area (Å²) < 4.78 is 27.8. The van der Waals surface area contributed by atoms with E-state index in [1.807, 2.05) is 0 Å². The van der Waals surface area contributed by atoms with E-state index in [4.69, 9.17) is 0 Å². The number of aryl methyl sites for hydroxylation is 1. The average molecular weight is 391 g/mol.